The van der Waals surface area contributed by atoms with Crippen LogP contribution in [0.2, 0.25) is 0 Å². The molecule has 2 aromatic carbocycles. The highest BCUT2D eigenvalue weighted by atomic mass is 16.5. The third-order valence-electron chi connectivity index (χ3n) is 3.46. The second-order valence-electron chi connectivity index (χ2n) is 5.05. The summed E-state index contributed by atoms with van der Waals surface area (Å²) in [7, 11) is 1.30. The van der Waals surface area contributed by atoms with E-state index in [1.165, 1.54) is 13.2 Å². The summed E-state index contributed by atoms with van der Waals surface area (Å²) >= 11 is 0. The number of ketones is 1. The van der Waals surface area contributed by atoms with Gasteiger partial charge in [-0.2, -0.15) is 0 Å². The number of fused-ring (bicyclic) bond motifs is 1. The topological polar surface area (TPSA) is 52.6 Å². The van der Waals surface area contributed by atoms with Crippen LogP contribution in [0.25, 0.3) is 6.08 Å². The third-order valence-corrected chi connectivity index (χ3v) is 3.46. The SMILES string of the molecule is COC(=O)c1ccc2c(c1)C(=O)/C(=C\c1ccc(C)cc1)O2. The average molecular weight is 294 g/mol. The van der Waals surface area contributed by atoms with Crippen molar-refractivity contribution in [2.45, 2.75) is 6.92 Å². The summed E-state index contributed by atoms with van der Waals surface area (Å²) < 4.78 is 10.2. The fourth-order valence-corrected chi connectivity index (χ4v) is 2.25. The lowest BCUT2D eigenvalue weighted by atomic mass is 10.1. The van der Waals surface area contributed by atoms with E-state index in [1.54, 1.807) is 18.2 Å². The fraction of sp³-hybridized carbons (Fsp3) is 0.111. The van der Waals surface area contributed by atoms with Gasteiger partial charge in [0.15, 0.2) is 5.76 Å². The number of hydrogen-bond acceptors (Lipinski definition) is 4. The zero-order chi connectivity index (χ0) is 15.7. The molecule has 1 aliphatic rings. The largest absolute Gasteiger partial charge is 0.465 e. The van der Waals surface area contributed by atoms with Crippen LogP contribution in [0.15, 0.2) is 48.2 Å². The molecule has 1 heterocycles. The first kappa shape index (κ1) is 14.1. The van der Waals surface area contributed by atoms with E-state index in [2.05, 4.69) is 4.74 Å². The molecule has 0 aliphatic carbocycles. The predicted molar refractivity (Wildman–Crippen MR) is 81.9 cm³/mol. The van der Waals surface area contributed by atoms with E-state index in [0.29, 0.717) is 16.9 Å². The maximum absolute atomic E-state index is 12.4. The Labute approximate surface area is 128 Å². The maximum Gasteiger partial charge on any atom is 0.337 e. The van der Waals surface area contributed by atoms with Gasteiger partial charge in [-0.1, -0.05) is 29.8 Å². The number of aryl methyl sites for hydroxylation is 1. The molecule has 0 radical (unpaired) electrons. The first-order chi connectivity index (χ1) is 10.6. The molecule has 4 heteroatoms. The Bertz CT molecular complexity index is 785. The standard InChI is InChI=1S/C18H14O4/c1-11-3-5-12(6-4-11)9-16-17(19)14-10-13(18(20)21-2)7-8-15(14)22-16/h3-10H,1-2H3/b16-9+. The molecule has 0 fully saturated rings. The van der Waals surface area contributed by atoms with Gasteiger partial charge in [0.2, 0.25) is 5.78 Å². The van der Waals surface area contributed by atoms with E-state index in [4.69, 9.17) is 4.74 Å². The average Bonchev–Trinajstić information content (AvgIpc) is 2.84. The zero-order valence-corrected chi connectivity index (χ0v) is 12.3. The van der Waals surface area contributed by atoms with Gasteiger partial charge in [0.05, 0.1) is 18.2 Å². The number of allylic oxidation sites excluding steroid dienone is 1. The number of esters is 1. The van der Waals surface area contributed by atoms with E-state index in [9.17, 15) is 9.59 Å². The van der Waals surface area contributed by atoms with Gasteiger partial charge in [0.25, 0.3) is 0 Å². The quantitative estimate of drug-likeness (QED) is 0.629. The lowest BCUT2D eigenvalue weighted by Gasteiger charge is -2.00. The molecule has 0 aromatic heterocycles. The van der Waals surface area contributed by atoms with Crippen LogP contribution in [0.3, 0.4) is 0 Å². The lowest BCUT2D eigenvalue weighted by Crippen LogP contribution is -2.02. The Morgan fingerprint density at radius 1 is 1.14 bits per heavy atom. The van der Waals surface area contributed by atoms with Gasteiger partial charge in [0.1, 0.15) is 5.75 Å². The van der Waals surface area contributed by atoms with Crippen molar-refractivity contribution in [1.82, 2.24) is 0 Å². The van der Waals surface area contributed by atoms with Crippen molar-refractivity contribution in [1.29, 1.82) is 0 Å². The van der Waals surface area contributed by atoms with Crippen LogP contribution in [0, 0.1) is 6.92 Å². The van der Waals surface area contributed by atoms with Crippen molar-refractivity contribution in [3.8, 4) is 5.75 Å². The highest BCUT2D eigenvalue weighted by molar-refractivity contribution is 6.15. The molecule has 4 nitrogen and oxygen atoms in total. The summed E-state index contributed by atoms with van der Waals surface area (Å²) in [6.07, 6.45) is 1.69. The Hall–Kier alpha value is -2.88. The van der Waals surface area contributed by atoms with Gasteiger partial charge in [-0.15, -0.1) is 0 Å². The molecule has 0 amide bonds. The summed E-state index contributed by atoms with van der Waals surface area (Å²) in [4.78, 5) is 23.9. The molecule has 110 valence electrons. The van der Waals surface area contributed by atoms with E-state index < -0.39 is 5.97 Å². The monoisotopic (exact) mass is 294 g/mol. The number of carbonyl (C=O) groups is 2. The minimum atomic E-state index is -0.480. The third kappa shape index (κ3) is 2.51. The number of methoxy groups -OCH3 is 1. The van der Waals surface area contributed by atoms with Crippen molar-refractivity contribution >= 4 is 17.8 Å². The number of carbonyl (C=O) groups excluding carboxylic acids is 2. The number of rotatable bonds is 2. The minimum absolute atomic E-state index is 0.235. The number of benzene rings is 2. The number of hydrogen-bond donors (Lipinski definition) is 0. The van der Waals surface area contributed by atoms with Crippen molar-refractivity contribution in [2.75, 3.05) is 7.11 Å². The fourth-order valence-electron chi connectivity index (χ4n) is 2.25. The molecule has 0 unspecified atom stereocenters. The van der Waals surface area contributed by atoms with Crippen LogP contribution >= 0.6 is 0 Å². The lowest BCUT2D eigenvalue weighted by molar-refractivity contribution is 0.0600. The first-order valence-electron chi connectivity index (χ1n) is 6.82. The summed E-state index contributed by atoms with van der Waals surface area (Å²) in [5.74, 6) is -0.00947. The van der Waals surface area contributed by atoms with E-state index in [-0.39, 0.29) is 11.5 Å². The summed E-state index contributed by atoms with van der Waals surface area (Å²) in [6, 6.07) is 12.5. The normalized spacial score (nSPS) is 14.6. The number of ether oxygens (including phenoxy) is 2. The molecular formula is C18H14O4. The van der Waals surface area contributed by atoms with Crippen molar-refractivity contribution in [2.24, 2.45) is 0 Å². The van der Waals surface area contributed by atoms with Gasteiger partial charge >= 0.3 is 5.97 Å². The molecule has 0 N–H and O–H groups in total. The van der Waals surface area contributed by atoms with Crippen molar-refractivity contribution < 1.29 is 19.1 Å². The Morgan fingerprint density at radius 2 is 1.86 bits per heavy atom. The second kappa shape index (κ2) is 5.48. The molecule has 22 heavy (non-hydrogen) atoms. The highest BCUT2D eigenvalue weighted by Gasteiger charge is 2.28. The van der Waals surface area contributed by atoms with Gasteiger partial charge in [-0.25, -0.2) is 4.79 Å². The molecule has 0 bridgehead atoms. The first-order valence-corrected chi connectivity index (χ1v) is 6.82. The van der Waals surface area contributed by atoms with E-state index in [0.717, 1.165) is 11.1 Å². The summed E-state index contributed by atoms with van der Waals surface area (Å²) in [6.45, 7) is 2.00. The maximum atomic E-state index is 12.4. The smallest absolute Gasteiger partial charge is 0.337 e. The minimum Gasteiger partial charge on any atom is -0.465 e. The Kier molecular flexibility index (Phi) is 3.51. The predicted octanol–water partition coefficient (Wildman–Crippen LogP) is 3.40. The molecular weight excluding hydrogens is 280 g/mol. The van der Waals surface area contributed by atoms with Crippen LogP contribution in [-0.2, 0) is 4.74 Å². The summed E-state index contributed by atoms with van der Waals surface area (Å²) in [5, 5.41) is 0. The molecule has 1 aliphatic heterocycles. The van der Waals surface area contributed by atoms with Crippen LogP contribution in [0.1, 0.15) is 31.8 Å². The molecule has 0 atom stereocenters. The van der Waals surface area contributed by atoms with Crippen molar-refractivity contribution in [3.63, 3.8) is 0 Å². The van der Waals surface area contributed by atoms with Gasteiger partial charge in [0, 0.05) is 0 Å². The molecule has 2 aromatic rings. The molecule has 0 saturated heterocycles. The Balaban J connectivity index is 1.94. The zero-order valence-electron chi connectivity index (χ0n) is 12.3. The molecule has 3 rings (SSSR count). The molecule has 0 spiro atoms. The summed E-state index contributed by atoms with van der Waals surface area (Å²) in [5.41, 5.74) is 2.73. The van der Waals surface area contributed by atoms with Crippen molar-refractivity contribution in [3.05, 3.63) is 70.5 Å². The van der Waals surface area contributed by atoms with Gasteiger partial charge < -0.3 is 9.47 Å². The van der Waals surface area contributed by atoms with Crippen LogP contribution in [-0.4, -0.2) is 18.9 Å². The van der Waals surface area contributed by atoms with Crippen LogP contribution < -0.4 is 4.74 Å². The van der Waals surface area contributed by atoms with E-state index in [1.807, 2.05) is 31.2 Å². The van der Waals surface area contributed by atoms with Crippen LogP contribution in [0.4, 0.5) is 0 Å². The van der Waals surface area contributed by atoms with Gasteiger partial charge in [-0.05, 0) is 36.8 Å². The highest BCUT2D eigenvalue weighted by Crippen LogP contribution is 2.32. The second-order valence-corrected chi connectivity index (χ2v) is 5.05. The Morgan fingerprint density at radius 3 is 2.55 bits per heavy atom. The van der Waals surface area contributed by atoms with Gasteiger partial charge in [-0.3, -0.25) is 4.79 Å². The number of Topliss-reactive ketones (excluding diaryl/α,β-unsaturated/α-hetero) is 1. The molecule has 0 saturated carbocycles. The van der Waals surface area contributed by atoms with Crippen LogP contribution in [0.5, 0.6) is 5.75 Å². The van der Waals surface area contributed by atoms with E-state index >= 15 is 0 Å².